The zero-order valence-corrected chi connectivity index (χ0v) is 32.9. The molecule has 0 fully saturated rings. The average molecular weight is 762 g/mol. The molecule has 0 saturated heterocycles. The SMILES string of the molecule is CC(C)S(=O)(=O)c1ccc(NC(=O)CCCc2ccc(C(Nc3ccc4c(N(OC(C)(C)C)C(=O)OC(C)(C)C)nccc4c3)C(=O)O)cc2)cc1CN. The highest BCUT2D eigenvalue weighted by molar-refractivity contribution is 7.92. The molecular weight excluding hydrogens is 711 g/mol. The lowest BCUT2D eigenvalue weighted by atomic mass is 10.0. The molecule has 54 heavy (non-hydrogen) atoms. The minimum absolute atomic E-state index is 0.0178. The standard InChI is InChI=1S/C40H51N5O8S/c1-25(2)54(50,51)33-19-17-30(23-29(33)24-41)43-34(46)11-9-10-26-12-14-27(15-13-26)35(37(47)48)44-31-16-18-32-28(22-31)20-21-42-36(32)45(53-40(6,7)8)38(49)52-39(3,4)5/h12-23,25,35,44H,9-11,24,41H2,1-8H3,(H,43,46)(H,47,48). The predicted octanol–water partition coefficient (Wildman–Crippen LogP) is 7.55. The van der Waals surface area contributed by atoms with Gasteiger partial charge in [0.05, 0.1) is 15.7 Å². The summed E-state index contributed by atoms with van der Waals surface area (Å²) < 4.78 is 30.9. The van der Waals surface area contributed by atoms with Crippen LogP contribution in [0.1, 0.15) is 91.0 Å². The molecule has 3 aromatic carbocycles. The van der Waals surface area contributed by atoms with Crippen LogP contribution in [0.25, 0.3) is 10.8 Å². The number of hydroxylamine groups is 1. The maximum absolute atomic E-state index is 13.2. The molecular formula is C40H51N5O8S. The van der Waals surface area contributed by atoms with Gasteiger partial charge >= 0.3 is 12.1 Å². The Morgan fingerprint density at radius 1 is 0.907 bits per heavy atom. The van der Waals surface area contributed by atoms with E-state index in [2.05, 4.69) is 15.6 Å². The third-order valence-corrected chi connectivity index (χ3v) is 10.3. The number of aryl methyl sites for hydroxylation is 1. The smallest absolute Gasteiger partial charge is 0.440 e. The van der Waals surface area contributed by atoms with Crippen LogP contribution >= 0.6 is 0 Å². The zero-order valence-electron chi connectivity index (χ0n) is 32.1. The monoisotopic (exact) mass is 761 g/mol. The van der Waals surface area contributed by atoms with Gasteiger partial charge in [-0.3, -0.25) is 9.63 Å². The van der Waals surface area contributed by atoms with Gasteiger partial charge in [-0.25, -0.2) is 23.0 Å². The summed E-state index contributed by atoms with van der Waals surface area (Å²) in [5, 5.41) is 17.8. The number of aromatic nitrogens is 1. The van der Waals surface area contributed by atoms with Crippen molar-refractivity contribution in [3.63, 3.8) is 0 Å². The second-order valence-corrected chi connectivity index (χ2v) is 17.7. The summed E-state index contributed by atoms with van der Waals surface area (Å²) in [5.74, 6) is -1.06. The Kier molecular flexibility index (Phi) is 13.1. The topological polar surface area (TPSA) is 190 Å². The van der Waals surface area contributed by atoms with Crippen LogP contribution < -0.4 is 21.4 Å². The molecule has 4 aromatic rings. The van der Waals surface area contributed by atoms with E-state index >= 15 is 0 Å². The highest BCUT2D eigenvalue weighted by Crippen LogP contribution is 2.32. The Balaban J connectivity index is 1.42. The number of sulfone groups is 1. The van der Waals surface area contributed by atoms with E-state index in [1.165, 1.54) is 6.07 Å². The van der Waals surface area contributed by atoms with Crippen molar-refractivity contribution in [1.82, 2.24) is 4.98 Å². The fourth-order valence-corrected chi connectivity index (χ4v) is 6.79. The van der Waals surface area contributed by atoms with E-state index in [1.54, 1.807) is 89.3 Å². The maximum atomic E-state index is 13.2. The largest absolute Gasteiger partial charge is 0.479 e. The number of hydrogen-bond acceptors (Lipinski definition) is 10. The van der Waals surface area contributed by atoms with Gasteiger partial charge in [0.1, 0.15) is 5.60 Å². The Morgan fingerprint density at radius 3 is 2.17 bits per heavy atom. The molecule has 0 aliphatic rings. The van der Waals surface area contributed by atoms with Gasteiger partial charge in [-0.15, -0.1) is 5.06 Å². The molecule has 1 unspecified atom stereocenters. The predicted molar refractivity (Wildman–Crippen MR) is 210 cm³/mol. The molecule has 1 aromatic heterocycles. The summed E-state index contributed by atoms with van der Waals surface area (Å²) in [4.78, 5) is 48.9. The van der Waals surface area contributed by atoms with Crippen LogP contribution in [-0.2, 0) is 42.0 Å². The number of carboxylic acids is 1. The lowest BCUT2D eigenvalue weighted by molar-refractivity contribution is -0.138. The number of nitrogens with two attached hydrogens (primary N) is 1. The van der Waals surface area contributed by atoms with Crippen molar-refractivity contribution in [2.45, 2.75) is 109 Å². The van der Waals surface area contributed by atoms with Crippen molar-refractivity contribution in [3.05, 3.63) is 89.6 Å². The first-order chi connectivity index (χ1) is 25.2. The molecule has 13 nitrogen and oxygen atoms in total. The van der Waals surface area contributed by atoms with Gasteiger partial charge in [0.2, 0.25) is 5.91 Å². The van der Waals surface area contributed by atoms with E-state index in [-0.39, 0.29) is 29.6 Å². The van der Waals surface area contributed by atoms with Gasteiger partial charge < -0.3 is 26.2 Å². The number of fused-ring (bicyclic) bond motifs is 1. The Labute approximate surface area is 317 Å². The third kappa shape index (κ3) is 11.0. The summed E-state index contributed by atoms with van der Waals surface area (Å²) in [7, 11) is -3.51. The summed E-state index contributed by atoms with van der Waals surface area (Å²) in [6.07, 6.45) is 2.16. The van der Waals surface area contributed by atoms with Crippen molar-refractivity contribution in [3.8, 4) is 0 Å². The normalized spacial score (nSPS) is 12.7. The van der Waals surface area contributed by atoms with E-state index in [0.717, 1.165) is 10.6 Å². The first-order valence-corrected chi connectivity index (χ1v) is 19.3. The van der Waals surface area contributed by atoms with Gasteiger partial charge in [-0.1, -0.05) is 24.3 Å². The number of carbonyl (C=O) groups is 3. The molecule has 0 radical (unpaired) electrons. The van der Waals surface area contributed by atoms with E-state index in [4.69, 9.17) is 15.3 Å². The molecule has 0 aliphatic heterocycles. The van der Waals surface area contributed by atoms with E-state index in [1.807, 2.05) is 32.9 Å². The number of nitrogens with zero attached hydrogens (tertiary/aromatic N) is 2. The number of ether oxygens (including phenoxy) is 1. The molecule has 1 heterocycles. The van der Waals surface area contributed by atoms with Gasteiger partial charge in [0.25, 0.3) is 0 Å². The zero-order chi connectivity index (χ0) is 40.0. The minimum Gasteiger partial charge on any atom is -0.479 e. The van der Waals surface area contributed by atoms with Crippen LogP contribution in [0.3, 0.4) is 0 Å². The van der Waals surface area contributed by atoms with E-state index in [9.17, 15) is 27.9 Å². The number of aliphatic carboxylic acids is 1. The average Bonchev–Trinajstić information content (AvgIpc) is 3.08. The number of nitrogens with one attached hydrogen (secondary N) is 2. The molecule has 290 valence electrons. The Hall–Kier alpha value is -5.05. The second kappa shape index (κ2) is 17.0. The fourth-order valence-electron chi connectivity index (χ4n) is 5.51. The number of carboxylic acid groups (broad SMARTS) is 1. The van der Waals surface area contributed by atoms with E-state index in [0.29, 0.717) is 46.1 Å². The number of anilines is 3. The van der Waals surface area contributed by atoms with Crippen molar-refractivity contribution in [2.75, 3.05) is 15.7 Å². The molecule has 2 amide bonds. The summed E-state index contributed by atoms with van der Waals surface area (Å²) >= 11 is 0. The van der Waals surface area contributed by atoms with Crippen molar-refractivity contribution < 1.29 is 37.5 Å². The van der Waals surface area contributed by atoms with Gasteiger partial charge in [0.15, 0.2) is 21.7 Å². The highest BCUT2D eigenvalue weighted by Gasteiger charge is 2.31. The highest BCUT2D eigenvalue weighted by atomic mass is 32.2. The van der Waals surface area contributed by atoms with Crippen LogP contribution in [0.2, 0.25) is 0 Å². The quantitative estimate of drug-likeness (QED) is 0.0929. The maximum Gasteiger partial charge on any atom is 0.440 e. The summed E-state index contributed by atoms with van der Waals surface area (Å²) in [5.41, 5.74) is 7.22. The molecule has 1 atom stereocenters. The van der Waals surface area contributed by atoms with Crippen LogP contribution in [0.4, 0.5) is 22.0 Å². The Bertz CT molecular complexity index is 2090. The minimum atomic E-state index is -3.51. The third-order valence-electron chi connectivity index (χ3n) is 8.09. The molecule has 0 bridgehead atoms. The van der Waals surface area contributed by atoms with Crippen LogP contribution in [0, 0.1) is 0 Å². The van der Waals surface area contributed by atoms with Crippen LogP contribution in [0.15, 0.2) is 77.8 Å². The number of amides is 2. The van der Waals surface area contributed by atoms with Crippen molar-refractivity contribution in [2.24, 2.45) is 5.73 Å². The molecule has 4 rings (SSSR count). The van der Waals surface area contributed by atoms with Gasteiger partial charge in [0, 0.05) is 35.9 Å². The van der Waals surface area contributed by atoms with Crippen LogP contribution in [-0.4, -0.2) is 52.9 Å². The second-order valence-electron chi connectivity index (χ2n) is 15.2. The number of hydrogen-bond donors (Lipinski definition) is 4. The summed E-state index contributed by atoms with van der Waals surface area (Å²) in [6, 6.07) is 17.7. The fraction of sp³-hybridized carbons (Fsp3) is 0.400. The lowest BCUT2D eigenvalue weighted by Crippen LogP contribution is -2.42. The number of benzene rings is 3. The van der Waals surface area contributed by atoms with Crippen LogP contribution in [0.5, 0.6) is 0 Å². The molecule has 0 aliphatic carbocycles. The van der Waals surface area contributed by atoms with E-state index < -0.39 is 44.4 Å². The lowest BCUT2D eigenvalue weighted by Gasteiger charge is -2.31. The molecule has 0 saturated carbocycles. The van der Waals surface area contributed by atoms with Crippen molar-refractivity contribution in [1.29, 1.82) is 0 Å². The first kappa shape index (κ1) is 41.7. The van der Waals surface area contributed by atoms with Gasteiger partial charge in [-0.2, -0.15) is 0 Å². The number of pyridine rings is 1. The van der Waals surface area contributed by atoms with Gasteiger partial charge in [-0.05, 0) is 133 Å². The van der Waals surface area contributed by atoms with Crippen molar-refractivity contribution >= 4 is 55.8 Å². The molecule has 14 heteroatoms. The molecule has 0 spiro atoms. The number of carbonyl (C=O) groups excluding carboxylic acids is 2. The first-order valence-electron chi connectivity index (χ1n) is 17.7. The summed E-state index contributed by atoms with van der Waals surface area (Å²) in [6.45, 7) is 13.9. The number of rotatable bonds is 14. The Morgan fingerprint density at radius 2 is 1.57 bits per heavy atom. The molecule has 5 N–H and O–H groups in total.